The molecule has 141 valence electrons. The predicted molar refractivity (Wildman–Crippen MR) is 107 cm³/mol. The van der Waals surface area contributed by atoms with Crippen molar-refractivity contribution < 1.29 is 13.9 Å². The number of ether oxygens (including phenoxy) is 2. The molecule has 0 aliphatic carbocycles. The van der Waals surface area contributed by atoms with E-state index in [9.17, 15) is 4.39 Å². The highest BCUT2D eigenvalue weighted by atomic mass is 19.1. The van der Waals surface area contributed by atoms with E-state index in [4.69, 9.17) is 9.47 Å². The van der Waals surface area contributed by atoms with Crippen LogP contribution in [0.3, 0.4) is 0 Å². The molecule has 1 heterocycles. The summed E-state index contributed by atoms with van der Waals surface area (Å²) in [5.41, 5.74) is 2.75. The highest BCUT2D eigenvalue weighted by Gasteiger charge is 2.14. The van der Waals surface area contributed by atoms with Gasteiger partial charge in [-0.3, -0.25) is 0 Å². The molecule has 5 heteroatoms. The number of hydrogen-bond acceptors (Lipinski definition) is 3. The van der Waals surface area contributed by atoms with Gasteiger partial charge in [0.2, 0.25) is 0 Å². The summed E-state index contributed by atoms with van der Waals surface area (Å²) >= 11 is 0. The molecule has 28 heavy (non-hydrogen) atoms. The molecular formula is C23H20FN2O2. The van der Waals surface area contributed by atoms with E-state index >= 15 is 0 Å². The number of rotatable bonds is 6. The van der Waals surface area contributed by atoms with Crippen molar-refractivity contribution in [3.8, 4) is 17.2 Å². The van der Waals surface area contributed by atoms with Crippen LogP contribution in [0.5, 0.6) is 11.5 Å². The van der Waals surface area contributed by atoms with Crippen molar-refractivity contribution >= 4 is 10.9 Å². The van der Waals surface area contributed by atoms with Crippen molar-refractivity contribution in [2.75, 3.05) is 7.11 Å². The summed E-state index contributed by atoms with van der Waals surface area (Å²) in [6.07, 6.45) is 3.59. The number of methoxy groups -OCH3 is 1. The molecule has 3 aromatic carbocycles. The summed E-state index contributed by atoms with van der Waals surface area (Å²) in [7, 11) is 1.65. The smallest absolute Gasteiger partial charge is 0.127 e. The quantitative estimate of drug-likeness (QED) is 0.445. The summed E-state index contributed by atoms with van der Waals surface area (Å²) in [4.78, 5) is 0. The molecule has 0 saturated carbocycles. The van der Waals surface area contributed by atoms with Gasteiger partial charge in [-0.2, -0.15) is 5.10 Å². The lowest BCUT2D eigenvalue weighted by Gasteiger charge is -2.18. The average molecular weight is 375 g/mol. The first-order valence-electron chi connectivity index (χ1n) is 9.02. The van der Waals surface area contributed by atoms with Gasteiger partial charge in [0.15, 0.2) is 0 Å². The van der Waals surface area contributed by atoms with Crippen LogP contribution in [-0.2, 0) is 0 Å². The van der Waals surface area contributed by atoms with E-state index in [2.05, 4.69) is 5.10 Å². The van der Waals surface area contributed by atoms with E-state index in [1.165, 1.54) is 12.1 Å². The Hall–Kier alpha value is -3.34. The maximum Gasteiger partial charge on any atom is 0.127 e. The van der Waals surface area contributed by atoms with Crippen LogP contribution in [0.15, 0.2) is 72.9 Å². The zero-order valence-corrected chi connectivity index (χ0v) is 15.7. The normalized spacial score (nSPS) is 12.1. The van der Waals surface area contributed by atoms with E-state index < -0.39 is 0 Å². The third-order valence-corrected chi connectivity index (χ3v) is 4.60. The molecule has 4 aromatic rings. The number of benzene rings is 3. The molecule has 0 amide bonds. The van der Waals surface area contributed by atoms with Crippen LogP contribution in [0.2, 0.25) is 0 Å². The molecule has 0 bridgehead atoms. The first kappa shape index (κ1) is 18.0. The molecule has 0 fully saturated rings. The van der Waals surface area contributed by atoms with Gasteiger partial charge in [-0.1, -0.05) is 19.1 Å². The van der Waals surface area contributed by atoms with Crippen molar-refractivity contribution in [2.24, 2.45) is 0 Å². The molecule has 4 nitrogen and oxygen atoms in total. The van der Waals surface area contributed by atoms with Crippen LogP contribution in [-0.4, -0.2) is 16.9 Å². The van der Waals surface area contributed by atoms with Crippen molar-refractivity contribution in [3.63, 3.8) is 0 Å². The van der Waals surface area contributed by atoms with Gasteiger partial charge in [0.25, 0.3) is 0 Å². The van der Waals surface area contributed by atoms with Crippen molar-refractivity contribution in [1.82, 2.24) is 9.78 Å². The summed E-state index contributed by atoms with van der Waals surface area (Å²) in [5, 5.41) is 5.38. The molecule has 1 aromatic heterocycles. The average Bonchev–Trinajstić information content (AvgIpc) is 3.16. The highest BCUT2D eigenvalue weighted by Crippen LogP contribution is 2.29. The summed E-state index contributed by atoms with van der Waals surface area (Å²) in [5.74, 6) is 1.27. The van der Waals surface area contributed by atoms with Gasteiger partial charge < -0.3 is 9.47 Å². The van der Waals surface area contributed by atoms with Crippen molar-refractivity contribution in [3.05, 3.63) is 90.7 Å². The molecule has 0 aliphatic heterocycles. The van der Waals surface area contributed by atoms with Crippen LogP contribution >= 0.6 is 0 Å². The minimum absolute atomic E-state index is 0.195. The van der Waals surface area contributed by atoms with Crippen LogP contribution in [0, 0.1) is 12.2 Å². The van der Waals surface area contributed by atoms with E-state index in [1.54, 1.807) is 30.1 Å². The lowest BCUT2D eigenvalue weighted by atomic mass is 10.1. The maximum atomic E-state index is 13.2. The Bertz CT molecular complexity index is 1090. The Labute approximate surface area is 163 Å². The van der Waals surface area contributed by atoms with E-state index in [0.29, 0.717) is 0 Å². The lowest BCUT2D eigenvalue weighted by molar-refractivity contribution is 0.239. The Balaban J connectivity index is 1.61. The molecule has 0 spiro atoms. The van der Waals surface area contributed by atoms with Crippen LogP contribution in [0.4, 0.5) is 4.39 Å². The van der Waals surface area contributed by atoms with Gasteiger partial charge in [-0.15, -0.1) is 0 Å². The molecule has 4 rings (SSSR count). The second-order valence-electron chi connectivity index (χ2n) is 6.40. The Morgan fingerprint density at radius 1 is 1.00 bits per heavy atom. The fraction of sp³-hybridized carbons (Fsp3) is 0.130. The Morgan fingerprint density at radius 3 is 2.57 bits per heavy atom. The molecule has 1 unspecified atom stereocenters. The minimum atomic E-state index is -0.268. The molecule has 0 saturated heterocycles. The van der Waals surface area contributed by atoms with Gasteiger partial charge in [0.1, 0.15) is 23.4 Å². The van der Waals surface area contributed by atoms with Gasteiger partial charge in [0, 0.05) is 11.8 Å². The molecule has 0 aliphatic rings. The second kappa shape index (κ2) is 7.72. The predicted octanol–water partition coefficient (Wildman–Crippen LogP) is 5.52. The monoisotopic (exact) mass is 375 g/mol. The topological polar surface area (TPSA) is 36.3 Å². The maximum absolute atomic E-state index is 13.2. The van der Waals surface area contributed by atoms with Gasteiger partial charge in [-0.25, -0.2) is 9.07 Å². The summed E-state index contributed by atoms with van der Waals surface area (Å²) < 4.78 is 26.5. The second-order valence-corrected chi connectivity index (χ2v) is 6.40. The third kappa shape index (κ3) is 3.56. The zero-order valence-electron chi connectivity index (χ0n) is 15.7. The highest BCUT2D eigenvalue weighted by molar-refractivity contribution is 5.81. The number of aromatic nitrogens is 2. The molecule has 1 atom stereocenters. The van der Waals surface area contributed by atoms with Crippen molar-refractivity contribution in [1.29, 1.82) is 0 Å². The zero-order chi connectivity index (χ0) is 19.5. The standard InChI is InChI=1S/C23H20FN2O2/c1-3-23(16-5-4-6-20(13-16)27-2)28-21-11-12-22-17(14-21)15-25-26(22)19-9-7-18(24)8-10-19/h3-15,23H,1-2H3. The first-order valence-corrected chi connectivity index (χ1v) is 9.02. The fourth-order valence-electron chi connectivity index (χ4n) is 3.17. The Morgan fingerprint density at radius 2 is 1.82 bits per heavy atom. The van der Waals surface area contributed by atoms with Crippen molar-refractivity contribution in [2.45, 2.75) is 13.0 Å². The van der Waals surface area contributed by atoms with Crippen LogP contribution in [0.1, 0.15) is 18.6 Å². The number of nitrogens with zero attached hydrogens (tertiary/aromatic N) is 2. The minimum Gasteiger partial charge on any atom is -0.497 e. The van der Waals surface area contributed by atoms with E-state index in [-0.39, 0.29) is 11.9 Å². The van der Waals surface area contributed by atoms with Crippen LogP contribution in [0.25, 0.3) is 16.6 Å². The van der Waals surface area contributed by atoms with Gasteiger partial charge in [0.05, 0.1) is 24.5 Å². The van der Waals surface area contributed by atoms with Gasteiger partial charge >= 0.3 is 0 Å². The largest absolute Gasteiger partial charge is 0.497 e. The van der Waals surface area contributed by atoms with E-state index in [0.717, 1.165) is 33.7 Å². The molecule has 0 N–H and O–H groups in total. The third-order valence-electron chi connectivity index (χ3n) is 4.60. The molecular weight excluding hydrogens is 355 g/mol. The summed E-state index contributed by atoms with van der Waals surface area (Å²) in [6, 6.07) is 19.9. The molecule has 1 radical (unpaired) electrons. The lowest BCUT2D eigenvalue weighted by Crippen LogP contribution is -2.07. The van der Waals surface area contributed by atoms with E-state index in [1.807, 2.05) is 55.8 Å². The van der Waals surface area contributed by atoms with Crippen LogP contribution < -0.4 is 9.47 Å². The summed E-state index contributed by atoms with van der Waals surface area (Å²) in [6.45, 7) is 1.97. The number of halogens is 1. The first-order chi connectivity index (χ1) is 13.7. The Kier molecular flexibility index (Phi) is 4.98. The number of hydrogen-bond donors (Lipinski definition) is 0. The number of fused-ring (bicyclic) bond motifs is 1. The fourth-order valence-corrected chi connectivity index (χ4v) is 3.17. The SMILES string of the molecule is C[CH]C(Oc1ccc2c(cnn2-c2ccc(F)cc2)c1)c1cccc(OC)c1. The van der Waals surface area contributed by atoms with Gasteiger partial charge in [-0.05, 0) is 60.2 Å².